The van der Waals surface area contributed by atoms with Crippen LogP contribution in [0.25, 0.3) is 0 Å². The van der Waals surface area contributed by atoms with Crippen molar-refractivity contribution in [2.75, 3.05) is 13.1 Å². The van der Waals surface area contributed by atoms with Crippen molar-refractivity contribution in [1.29, 1.82) is 0 Å². The largest absolute Gasteiger partial charge is 0.335 e. The molecule has 0 bridgehead atoms. The van der Waals surface area contributed by atoms with Crippen molar-refractivity contribution < 1.29 is 9.59 Å². The fourth-order valence-electron chi connectivity index (χ4n) is 2.03. The molecule has 17 heavy (non-hydrogen) atoms. The molecule has 1 fully saturated rings. The summed E-state index contributed by atoms with van der Waals surface area (Å²) in [6.45, 7) is 2.85. The van der Waals surface area contributed by atoms with Crippen LogP contribution in [0, 0.1) is 5.92 Å². The molecule has 2 heterocycles. The number of nitrogens with zero attached hydrogens (tertiary/aromatic N) is 1. The molecule has 1 saturated heterocycles. The highest BCUT2D eigenvalue weighted by atomic mass is 79.9. The molecular weight excluding hydrogens is 302 g/mol. The van der Waals surface area contributed by atoms with Crippen molar-refractivity contribution in [3.8, 4) is 0 Å². The maximum Gasteiger partial charge on any atom is 0.225 e. The van der Waals surface area contributed by atoms with E-state index in [1.54, 1.807) is 4.90 Å². The number of halogens is 1. The van der Waals surface area contributed by atoms with E-state index in [1.165, 1.54) is 11.3 Å². The molecule has 1 aromatic rings. The second kappa shape index (κ2) is 5.31. The highest BCUT2D eigenvalue weighted by molar-refractivity contribution is 9.10. The minimum atomic E-state index is 0.0225. The van der Waals surface area contributed by atoms with E-state index in [2.05, 4.69) is 15.9 Å². The Labute approximate surface area is 113 Å². The van der Waals surface area contributed by atoms with E-state index in [0.29, 0.717) is 11.4 Å². The monoisotopic (exact) mass is 315 g/mol. The van der Waals surface area contributed by atoms with Gasteiger partial charge in [-0.15, -0.1) is 11.3 Å². The van der Waals surface area contributed by atoms with Crippen LogP contribution in [-0.4, -0.2) is 29.7 Å². The Hall–Kier alpha value is -0.680. The lowest BCUT2D eigenvalue weighted by Crippen LogP contribution is -2.42. The van der Waals surface area contributed by atoms with Crippen molar-refractivity contribution in [2.24, 2.45) is 5.92 Å². The van der Waals surface area contributed by atoms with Crippen LogP contribution in [0.3, 0.4) is 0 Å². The van der Waals surface area contributed by atoms with E-state index in [-0.39, 0.29) is 24.2 Å². The summed E-state index contributed by atoms with van der Waals surface area (Å²) in [5.74, 6) is 0.190. The first-order valence-corrected chi connectivity index (χ1v) is 7.32. The van der Waals surface area contributed by atoms with Gasteiger partial charge in [-0.25, -0.2) is 0 Å². The van der Waals surface area contributed by atoms with Gasteiger partial charge in [0.2, 0.25) is 5.91 Å². The van der Waals surface area contributed by atoms with Crippen LogP contribution >= 0.6 is 27.3 Å². The normalized spacial score (nSPS) is 20.7. The van der Waals surface area contributed by atoms with Gasteiger partial charge in [-0.1, -0.05) is 6.92 Å². The third-order valence-corrected chi connectivity index (χ3v) is 4.88. The Bertz CT molecular complexity index is 443. The molecule has 92 valence electrons. The molecule has 0 radical (unpaired) electrons. The number of piperidine rings is 1. The molecule has 1 aliphatic heterocycles. The smallest absolute Gasteiger partial charge is 0.225 e. The zero-order valence-corrected chi connectivity index (χ0v) is 12.0. The van der Waals surface area contributed by atoms with Gasteiger partial charge in [-0.2, -0.15) is 0 Å². The summed E-state index contributed by atoms with van der Waals surface area (Å²) in [4.78, 5) is 26.3. The fourth-order valence-corrected chi connectivity index (χ4v) is 3.55. The van der Waals surface area contributed by atoms with E-state index in [1.807, 2.05) is 18.4 Å². The molecule has 3 nitrogen and oxygen atoms in total. The number of hydrogen-bond acceptors (Lipinski definition) is 3. The molecule has 1 aromatic heterocycles. The number of carbonyl (C=O) groups is 2. The maximum absolute atomic E-state index is 12.0. The average Bonchev–Trinajstić information content (AvgIpc) is 2.71. The molecule has 1 amide bonds. The van der Waals surface area contributed by atoms with Crippen LogP contribution < -0.4 is 0 Å². The van der Waals surface area contributed by atoms with Crippen LogP contribution in [0.4, 0.5) is 0 Å². The number of Topliss-reactive ketones (excluding diaryl/α,β-unsaturated/α-hetero) is 1. The van der Waals surface area contributed by atoms with Gasteiger partial charge in [0.15, 0.2) is 5.78 Å². The Balaban J connectivity index is 2.04. The van der Waals surface area contributed by atoms with Gasteiger partial charge in [0.25, 0.3) is 0 Å². The molecule has 0 saturated carbocycles. The van der Waals surface area contributed by atoms with Crippen LogP contribution in [-0.2, 0) is 4.79 Å². The van der Waals surface area contributed by atoms with E-state index >= 15 is 0 Å². The third kappa shape index (κ3) is 2.77. The SMILES string of the molecule is CC1CCCN(CC(=O)c2sccc2Br)C1=O. The van der Waals surface area contributed by atoms with E-state index in [9.17, 15) is 9.59 Å². The van der Waals surface area contributed by atoms with E-state index in [0.717, 1.165) is 17.3 Å². The molecule has 0 aliphatic carbocycles. The van der Waals surface area contributed by atoms with Crippen LogP contribution in [0.5, 0.6) is 0 Å². The summed E-state index contributed by atoms with van der Waals surface area (Å²) >= 11 is 4.76. The molecule has 0 aromatic carbocycles. The molecule has 1 atom stereocenters. The first-order chi connectivity index (χ1) is 8.09. The highest BCUT2D eigenvalue weighted by Crippen LogP contribution is 2.24. The van der Waals surface area contributed by atoms with Gasteiger partial charge in [-0.3, -0.25) is 9.59 Å². The summed E-state index contributed by atoms with van der Waals surface area (Å²) < 4.78 is 0.824. The molecule has 1 aliphatic rings. The van der Waals surface area contributed by atoms with Crippen molar-refractivity contribution in [2.45, 2.75) is 19.8 Å². The Morgan fingerprint density at radius 3 is 3.06 bits per heavy atom. The van der Waals surface area contributed by atoms with Gasteiger partial charge < -0.3 is 4.90 Å². The van der Waals surface area contributed by atoms with E-state index < -0.39 is 0 Å². The first kappa shape index (κ1) is 12.8. The molecule has 2 rings (SSSR count). The Morgan fingerprint density at radius 2 is 2.41 bits per heavy atom. The lowest BCUT2D eigenvalue weighted by Gasteiger charge is -2.29. The maximum atomic E-state index is 12.0. The average molecular weight is 316 g/mol. The molecule has 0 spiro atoms. The molecule has 0 N–H and O–H groups in total. The summed E-state index contributed by atoms with van der Waals surface area (Å²) in [5.41, 5.74) is 0. The number of amides is 1. The van der Waals surface area contributed by atoms with Crippen molar-refractivity contribution in [3.63, 3.8) is 0 Å². The standard InChI is InChI=1S/C12H14BrNO2S/c1-8-3-2-5-14(12(8)16)7-10(15)11-9(13)4-6-17-11/h4,6,8H,2-3,5,7H2,1H3. The molecule has 1 unspecified atom stereocenters. The lowest BCUT2D eigenvalue weighted by molar-refractivity contribution is -0.137. The second-order valence-corrected chi connectivity index (χ2v) is 6.09. The number of hydrogen-bond donors (Lipinski definition) is 0. The van der Waals surface area contributed by atoms with Crippen LogP contribution in [0.1, 0.15) is 29.4 Å². The van der Waals surface area contributed by atoms with Crippen molar-refractivity contribution >= 4 is 39.0 Å². The Morgan fingerprint density at radius 1 is 1.65 bits per heavy atom. The number of likely N-dealkylation sites (tertiary alicyclic amines) is 1. The van der Waals surface area contributed by atoms with Gasteiger partial charge >= 0.3 is 0 Å². The van der Waals surface area contributed by atoms with Gasteiger partial charge in [0, 0.05) is 16.9 Å². The first-order valence-electron chi connectivity index (χ1n) is 5.64. The minimum Gasteiger partial charge on any atom is -0.335 e. The predicted octanol–water partition coefficient (Wildman–Crippen LogP) is 2.95. The quantitative estimate of drug-likeness (QED) is 0.804. The third-order valence-electron chi connectivity index (χ3n) is 3.00. The van der Waals surface area contributed by atoms with Gasteiger partial charge in [-0.05, 0) is 40.2 Å². The predicted molar refractivity (Wildman–Crippen MR) is 71.3 cm³/mol. The Kier molecular flexibility index (Phi) is 3.99. The minimum absolute atomic E-state index is 0.0225. The summed E-state index contributed by atoms with van der Waals surface area (Å²) in [5, 5.41) is 1.87. The number of rotatable bonds is 3. The van der Waals surface area contributed by atoms with Crippen LogP contribution in [0.15, 0.2) is 15.9 Å². The van der Waals surface area contributed by atoms with Gasteiger partial charge in [0.1, 0.15) is 0 Å². The lowest BCUT2D eigenvalue weighted by atomic mass is 9.99. The number of thiophene rings is 1. The second-order valence-electron chi connectivity index (χ2n) is 4.32. The highest BCUT2D eigenvalue weighted by Gasteiger charge is 2.27. The zero-order chi connectivity index (χ0) is 12.4. The van der Waals surface area contributed by atoms with Crippen LogP contribution in [0.2, 0.25) is 0 Å². The van der Waals surface area contributed by atoms with E-state index in [4.69, 9.17) is 0 Å². The fraction of sp³-hybridized carbons (Fsp3) is 0.500. The molecule has 5 heteroatoms. The number of carbonyl (C=O) groups excluding carboxylic acids is 2. The van der Waals surface area contributed by atoms with Crippen molar-refractivity contribution in [1.82, 2.24) is 4.90 Å². The van der Waals surface area contributed by atoms with Gasteiger partial charge in [0.05, 0.1) is 11.4 Å². The summed E-state index contributed by atoms with van der Waals surface area (Å²) in [7, 11) is 0. The number of ketones is 1. The molecular formula is C12H14BrNO2S. The summed E-state index contributed by atoms with van der Waals surface area (Å²) in [6.07, 6.45) is 1.93. The topological polar surface area (TPSA) is 37.4 Å². The zero-order valence-electron chi connectivity index (χ0n) is 9.61. The summed E-state index contributed by atoms with van der Waals surface area (Å²) in [6, 6.07) is 1.86. The van der Waals surface area contributed by atoms with Crippen molar-refractivity contribution in [3.05, 3.63) is 20.8 Å².